The van der Waals surface area contributed by atoms with E-state index in [1.165, 1.54) is 31.5 Å². The second-order valence-corrected chi connectivity index (χ2v) is 7.70. The lowest BCUT2D eigenvalue weighted by Gasteiger charge is -2.39. The van der Waals surface area contributed by atoms with E-state index >= 15 is 0 Å². The summed E-state index contributed by atoms with van der Waals surface area (Å²) in [5.74, 6) is 1.80. The molecule has 2 atom stereocenters. The van der Waals surface area contributed by atoms with Gasteiger partial charge in [-0.25, -0.2) is 0 Å². The van der Waals surface area contributed by atoms with Crippen LogP contribution in [0.4, 0.5) is 0 Å². The van der Waals surface area contributed by atoms with Gasteiger partial charge in [0.2, 0.25) is 0 Å². The Bertz CT molecular complexity index is 548. The molecule has 1 aromatic carbocycles. The summed E-state index contributed by atoms with van der Waals surface area (Å²) in [6, 6.07) is 6.97. The van der Waals surface area contributed by atoms with Crippen molar-refractivity contribution in [3.8, 4) is 11.5 Å². The van der Waals surface area contributed by atoms with E-state index in [0.29, 0.717) is 12.2 Å². The van der Waals surface area contributed by atoms with Crippen LogP contribution in [0.2, 0.25) is 0 Å². The summed E-state index contributed by atoms with van der Waals surface area (Å²) < 4.78 is 16.8. The molecule has 0 unspecified atom stereocenters. The van der Waals surface area contributed by atoms with Crippen molar-refractivity contribution in [2.45, 2.75) is 51.5 Å². The summed E-state index contributed by atoms with van der Waals surface area (Å²) >= 11 is 0. The number of methoxy groups -OCH3 is 2. The minimum Gasteiger partial charge on any atom is -0.497 e. The Morgan fingerprint density at radius 1 is 1.04 bits per heavy atom. The van der Waals surface area contributed by atoms with Gasteiger partial charge >= 0.3 is 0 Å². The third-order valence-electron chi connectivity index (χ3n) is 5.77. The second kappa shape index (κ2) is 8.39. The fourth-order valence-electron chi connectivity index (χ4n) is 4.53. The van der Waals surface area contributed by atoms with Gasteiger partial charge in [0.15, 0.2) is 0 Å². The summed E-state index contributed by atoms with van der Waals surface area (Å²) in [7, 11) is 3.43. The molecule has 2 saturated heterocycles. The van der Waals surface area contributed by atoms with Crippen molar-refractivity contribution in [2.24, 2.45) is 0 Å². The molecule has 0 bridgehead atoms. The first-order chi connectivity index (χ1) is 12.1. The van der Waals surface area contributed by atoms with Crippen LogP contribution in [0.3, 0.4) is 0 Å². The molecule has 2 aliphatic rings. The van der Waals surface area contributed by atoms with E-state index in [2.05, 4.69) is 19.9 Å². The van der Waals surface area contributed by atoms with Gasteiger partial charge in [-0.3, -0.25) is 0 Å². The highest BCUT2D eigenvalue weighted by molar-refractivity contribution is 5.40. The van der Waals surface area contributed by atoms with Crippen LogP contribution in [-0.2, 0) is 11.3 Å². The van der Waals surface area contributed by atoms with Gasteiger partial charge in [-0.1, -0.05) is 0 Å². The van der Waals surface area contributed by atoms with Gasteiger partial charge in [0.05, 0.1) is 33.4 Å². The first kappa shape index (κ1) is 18.5. The van der Waals surface area contributed by atoms with Crippen LogP contribution in [0.15, 0.2) is 18.2 Å². The SMILES string of the molecule is COc1ccc(C[NH+]2CCC([NH+]3C[C@H](C)O[C@@H](C)C3)CC2)c(OC)c1. The van der Waals surface area contributed by atoms with Crippen LogP contribution in [0.1, 0.15) is 32.3 Å². The summed E-state index contributed by atoms with van der Waals surface area (Å²) in [5.41, 5.74) is 1.28. The minimum atomic E-state index is 0.396. The number of hydrogen-bond acceptors (Lipinski definition) is 3. The van der Waals surface area contributed by atoms with Crippen LogP contribution < -0.4 is 19.3 Å². The van der Waals surface area contributed by atoms with E-state index in [1.54, 1.807) is 24.0 Å². The van der Waals surface area contributed by atoms with Crippen LogP contribution >= 0.6 is 0 Å². The molecule has 2 aliphatic heterocycles. The molecule has 25 heavy (non-hydrogen) atoms. The molecular weight excluding hydrogens is 316 g/mol. The molecule has 140 valence electrons. The number of morpholine rings is 1. The zero-order chi connectivity index (χ0) is 17.8. The maximum absolute atomic E-state index is 5.90. The van der Waals surface area contributed by atoms with Gasteiger partial charge in [-0.15, -0.1) is 0 Å². The quantitative estimate of drug-likeness (QED) is 0.781. The summed E-state index contributed by atoms with van der Waals surface area (Å²) in [6.07, 6.45) is 3.41. The molecule has 0 aromatic heterocycles. The van der Waals surface area contributed by atoms with Crippen molar-refractivity contribution in [1.29, 1.82) is 0 Å². The molecule has 2 heterocycles. The molecule has 0 radical (unpaired) electrons. The second-order valence-electron chi connectivity index (χ2n) is 7.70. The Kier molecular flexibility index (Phi) is 6.20. The topological polar surface area (TPSA) is 36.6 Å². The lowest BCUT2D eigenvalue weighted by molar-refractivity contribution is -0.970. The molecule has 3 rings (SSSR count). The standard InChI is InChI=1S/C20H32N2O3/c1-15-12-22(13-16(2)25-15)18-7-9-21(10-8-18)14-17-5-6-19(23-3)11-20(17)24-4/h5-6,11,15-16,18H,7-10,12-14H2,1-4H3/p+2/t15-,16-/m0/s1. The minimum absolute atomic E-state index is 0.396. The predicted molar refractivity (Wildman–Crippen MR) is 97.7 cm³/mol. The van der Waals surface area contributed by atoms with E-state index in [1.807, 2.05) is 12.1 Å². The van der Waals surface area contributed by atoms with Crippen molar-refractivity contribution in [3.05, 3.63) is 23.8 Å². The third-order valence-corrected chi connectivity index (χ3v) is 5.77. The molecular formula is C20H34N2O3+2. The highest BCUT2D eigenvalue weighted by Gasteiger charge is 2.35. The molecule has 0 spiro atoms. The van der Waals surface area contributed by atoms with Crippen LogP contribution in [0, 0.1) is 0 Å². The Labute approximate surface area is 151 Å². The maximum atomic E-state index is 5.90. The fraction of sp³-hybridized carbons (Fsp3) is 0.700. The largest absolute Gasteiger partial charge is 0.497 e. The van der Waals surface area contributed by atoms with Crippen LogP contribution in [0.5, 0.6) is 11.5 Å². The molecule has 0 aliphatic carbocycles. The van der Waals surface area contributed by atoms with Gasteiger partial charge < -0.3 is 24.0 Å². The smallest absolute Gasteiger partial charge is 0.131 e. The van der Waals surface area contributed by atoms with Crippen LogP contribution in [0.25, 0.3) is 0 Å². The maximum Gasteiger partial charge on any atom is 0.131 e. The number of quaternary nitrogens is 2. The monoisotopic (exact) mass is 350 g/mol. The molecule has 0 saturated carbocycles. The number of benzene rings is 1. The lowest BCUT2D eigenvalue weighted by Crippen LogP contribution is -3.22. The van der Waals surface area contributed by atoms with E-state index in [-0.39, 0.29) is 0 Å². The number of ether oxygens (including phenoxy) is 3. The first-order valence-electron chi connectivity index (χ1n) is 9.63. The number of likely N-dealkylation sites (tertiary alicyclic amines) is 1. The molecule has 5 heteroatoms. The van der Waals surface area contributed by atoms with Crippen molar-refractivity contribution in [3.63, 3.8) is 0 Å². The van der Waals surface area contributed by atoms with E-state index < -0.39 is 0 Å². The van der Waals surface area contributed by atoms with Gasteiger partial charge in [0, 0.05) is 24.5 Å². The molecule has 5 nitrogen and oxygen atoms in total. The molecule has 0 amide bonds. The molecule has 1 aromatic rings. The number of rotatable bonds is 5. The fourth-order valence-corrected chi connectivity index (χ4v) is 4.53. The van der Waals surface area contributed by atoms with Crippen LogP contribution in [-0.4, -0.2) is 58.6 Å². The Morgan fingerprint density at radius 2 is 1.72 bits per heavy atom. The van der Waals surface area contributed by atoms with E-state index in [0.717, 1.165) is 37.2 Å². The average Bonchev–Trinajstić information content (AvgIpc) is 2.62. The van der Waals surface area contributed by atoms with Crippen molar-refractivity contribution < 1.29 is 24.0 Å². The van der Waals surface area contributed by atoms with Gasteiger partial charge in [0.1, 0.15) is 43.3 Å². The zero-order valence-corrected chi connectivity index (χ0v) is 16.1. The summed E-state index contributed by atoms with van der Waals surface area (Å²) in [4.78, 5) is 3.42. The highest BCUT2D eigenvalue weighted by atomic mass is 16.5. The summed E-state index contributed by atoms with van der Waals surface area (Å²) in [6.45, 7) is 10.3. The zero-order valence-electron chi connectivity index (χ0n) is 16.1. The van der Waals surface area contributed by atoms with Gasteiger partial charge in [-0.05, 0) is 26.0 Å². The molecule has 2 fully saturated rings. The number of piperidine rings is 1. The van der Waals surface area contributed by atoms with Crippen molar-refractivity contribution in [1.82, 2.24) is 0 Å². The Balaban J connectivity index is 1.54. The molecule has 2 N–H and O–H groups in total. The lowest BCUT2D eigenvalue weighted by atomic mass is 10.0. The first-order valence-corrected chi connectivity index (χ1v) is 9.63. The summed E-state index contributed by atoms with van der Waals surface area (Å²) in [5, 5.41) is 0. The predicted octanol–water partition coefficient (Wildman–Crippen LogP) is -0.0568. The van der Waals surface area contributed by atoms with E-state index in [9.17, 15) is 0 Å². The number of nitrogens with one attached hydrogen (secondary N) is 2. The van der Waals surface area contributed by atoms with Gasteiger partial charge in [0.25, 0.3) is 0 Å². The highest BCUT2D eigenvalue weighted by Crippen LogP contribution is 2.24. The normalized spacial score (nSPS) is 33.0. The average molecular weight is 351 g/mol. The Morgan fingerprint density at radius 3 is 2.32 bits per heavy atom. The third kappa shape index (κ3) is 4.66. The van der Waals surface area contributed by atoms with Crippen molar-refractivity contribution >= 4 is 0 Å². The van der Waals surface area contributed by atoms with Gasteiger partial charge in [-0.2, -0.15) is 0 Å². The Hall–Kier alpha value is -1.30. The van der Waals surface area contributed by atoms with Crippen molar-refractivity contribution in [2.75, 3.05) is 40.4 Å². The van der Waals surface area contributed by atoms with E-state index in [4.69, 9.17) is 14.2 Å². The number of hydrogen-bond donors (Lipinski definition) is 2.